The van der Waals surface area contributed by atoms with E-state index in [1.165, 1.54) is 11.5 Å². The topological polar surface area (TPSA) is 54.9 Å². The Morgan fingerprint density at radius 1 is 1.44 bits per heavy atom. The molecule has 0 radical (unpaired) electrons. The highest BCUT2D eigenvalue weighted by molar-refractivity contribution is 7.08. The van der Waals surface area contributed by atoms with Crippen LogP contribution in [0, 0.1) is 5.92 Å². The third kappa shape index (κ3) is 3.42. The van der Waals surface area contributed by atoms with E-state index in [9.17, 15) is 4.79 Å². The minimum absolute atomic E-state index is 0.0325. The summed E-state index contributed by atoms with van der Waals surface area (Å²) in [5, 5.41) is 7.27. The van der Waals surface area contributed by atoms with Crippen molar-refractivity contribution in [2.75, 3.05) is 6.54 Å². The number of aromatic nitrogens is 2. The zero-order valence-corrected chi connectivity index (χ0v) is 12.1. The van der Waals surface area contributed by atoms with Crippen molar-refractivity contribution < 1.29 is 4.79 Å². The van der Waals surface area contributed by atoms with Crippen molar-refractivity contribution in [3.63, 3.8) is 0 Å². The molecule has 0 unspecified atom stereocenters. The summed E-state index contributed by atoms with van der Waals surface area (Å²) in [5.74, 6) is 0.532. The van der Waals surface area contributed by atoms with Gasteiger partial charge in [0.25, 0.3) is 5.91 Å². The fourth-order valence-electron chi connectivity index (χ4n) is 2.26. The number of carbonyl (C=O) groups excluding carboxylic acids is 1. The van der Waals surface area contributed by atoms with Crippen molar-refractivity contribution in [3.05, 3.63) is 10.6 Å². The molecule has 18 heavy (non-hydrogen) atoms. The lowest BCUT2D eigenvalue weighted by Crippen LogP contribution is -2.31. The van der Waals surface area contributed by atoms with Crippen LogP contribution in [-0.4, -0.2) is 27.4 Å². The molecule has 1 aliphatic rings. The van der Waals surface area contributed by atoms with Crippen molar-refractivity contribution in [1.82, 2.24) is 14.9 Å². The zero-order valence-electron chi connectivity index (χ0n) is 10.5. The monoisotopic (exact) mass is 287 g/mol. The Balaban J connectivity index is 1.81. The molecule has 100 valence electrons. The second-order valence-electron chi connectivity index (χ2n) is 4.73. The van der Waals surface area contributed by atoms with E-state index in [4.69, 9.17) is 11.6 Å². The van der Waals surface area contributed by atoms with Gasteiger partial charge in [0, 0.05) is 11.9 Å². The predicted molar refractivity (Wildman–Crippen MR) is 73.2 cm³/mol. The predicted octanol–water partition coefficient (Wildman–Crippen LogP) is 2.63. The molecule has 1 aromatic rings. The highest BCUT2D eigenvalue weighted by Crippen LogP contribution is 2.27. The fraction of sp³-hybridized carbons (Fsp3) is 0.750. The van der Waals surface area contributed by atoms with Gasteiger partial charge in [-0.25, -0.2) is 0 Å². The number of halogens is 1. The summed E-state index contributed by atoms with van der Waals surface area (Å²) in [6.45, 7) is 2.72. The average Bonchev–Trinajstić information content (AvgIpc) is 2.86. The molecule has 1 fully saturated rings. The van der Waals surface area contributed by atoms with E-state index in [1.54, 1.807) is 0 Å². The number of hydrogen-bond acceptors (Lipinski definition) is 4. The summed E-state index contributed by atoms with van der Waals surface area (Å²) >= 11 is 7.24. The second-order valence-corrected chi connectivity index (χ2v) is 6.10. The first-order chi connectivity index (χ1) is 8.70. The van der Waals surface area contributed by atoms with Crippen LogP contribution in [0.15, 0.2) is 0 Å². The maximum Gasteiger partial charge on any atom is 0.264 e. The van der Waals surface area contributed by atoms with Crippen LogP contribution in [0.5, 0.6) is 0 Å². The Kier molecular flexibility index (Phi) is 4.95. The van der Waals surface area contributed by atoms with E-state index in [0.717, 1.165) is 44.3 Å². The average molecular weight is 288 g/mol. The number of rotatable bonds is 4. The van der Waals surface area contributed by atoms with E-state index in [0.29, 0.717) is 16.2 Å². The van der Waals surface area contributed by atoms with Crippen LogP contribution >= 0.6 is 23.1 Å². The molecule has 1 amide bonds. The van der Waals surface area contributed by atoms with E-state index < -0.39 is 0 Å². The molecule has 0 saturated heterocycles. The smallest absolute Gasteiger partial charge is 0.264 e. The van der Waals surface area contributed by atoms with Crippen LogP contribution in [0.25, 0.3) is 0 Å². The molecule has 1 aliphatic carbocycles. The van der Waals surface area contributed by atoms with Crippen LogP contribution in [0.2, 0.25) is 0 Å². The largest absolute Gasteiger partial charge is 0.351 e. The highest BCUT2D eigenvalue weighted by Gasteiger charge is 2.21. The van der Waals surface area contributed by atoms with E-state index >= 15 is 0 Å². The van der Waals surface area contributed by atoms with Crippen molar-refractivity contribution >= 4 is 29.0 Å². The Morgan fingerprint density at radius 3 is 2.83 bits per heavy atom. The molecule has 0 aromatic carbocycles. The number of carbonyl (C=O) groups is 1. The Labute approximate surface area is 116 Å². The van der Waals surface area contributed by atoms with Crippen LogP contribution in [0.3, 0.4) is 0 Å². The minimum atomic E-state index is -0.0325. The summed E-state index contributed by atoms with van der Waals surface area (Å²) in [6, 6.07) is 0. The van der Waals surface area contributed by atoms with E-state index in [2.05, 4.69) is 14.9 Å². The van der Waals surface area contributed by atoms with E-state index in [-0.39, 0.29) is 5.91 Å². The molecular formula is C12H18ClN3OS. The van der Waals surface area contributed by atoms with Gasteiger partial charge in [-0.2, -0.15) is 0 Å². The maximum absolute atomic E-state index is 12.0. The standard InChI is InChI=1S/C12H18ClN3OS/c1-2-10-11(18-16-15-10)12(17)14-7-8-3-5-9(13)6-4-8/h8-9H,2-7H2,1H3,(H,14,17). The lowest BCUT2D eigenvalue weighted by atomic mass is 9.89. The first-order valence-corrected chi connectivity index (χ1v) is 7.65. The first-order valence-electron chi connectivity index (χ1n) is 6.44. The van der Waals surface area contributed by atoms with Crippen LogP contribution in [-0.2, 0) is 6.42 Å². The first kappa shape index (κ1) is 13.7. The number of nitrogens with zero attached hydrogens (tertiary/aromatic N) is 2. The van der Waals surface area contributed by atoms with Gasteiger partial charge in [0.05, 0.1) is 5.69 Å². The molecule has 1 N–H and O–H groups in total. The number of nitrogens with one attached hydrogen (secondary N) is 1. The number of amides is 1. The van der Waals surface area contributed by atoms with Gasteiger partial charge >= 0.3 is 0 Å². The van der Waals surface area contributed by atoms with Gasteiger partial charge in [-0.3, -0.25) is 4.79 Å². The Bertz CT molecular complexity index is 402. The van der Waals surface area contributed by atoms with Gasteiger partial charge < -0.3 is 5.32 Å². The number of alkyl halides is 1. The summed E-state index contributed by atoms with van der Waals surface area (Å²) < 4.78 is 3.83. The fourth-order valence-corrected chi connectivity index (χ4v) is 3.17. The zero-order chi connectivity index (χ0) is 13.0. The van der Waals surface area contributed by atoms with E-state index in [1.807, 2.05) is 6.92 Å². The molecule has 1 heterocycles. The lowest BCUT2D eigenvalue weighted by Gasteiger charge is -2.24. The third-order valence-electron chi connectivity index (χ3n) is 3.42. The van der Waals surface area contributed by atoms with Crippen LogP contribution in [0.4, 0.5) is 0 Å². The molecular weight excluding hydrogens is 270 g/mol. The third-order valence-corrected chi connectivity index (χ3v) is 4.63. The Hall–Kier alpha value is -0.680. The summed E-state index contributed by atoms with van der Waals surface area (Å²) in [7, 11) is 0. The van der Waals surface area contributed by atoms with Crippen molar-refractivity contribution in [1.29, 1.82) is 0 Å². The van der Waals surface area contributed by atoms with Gasteiger partial charge in [-0.15, -0.1) is 16.7 Å². The maximum atomic E-state index is 12.0. The number of aryl methyl sites for hydroxylation is 1. The molecule has 0 atom stereocenters. The normalized spacial score (nSPS) is 23.9. The van der Waals surface area contributed by atoms with Crippen LogP contribution < -0.4 is 5.32 Å². The van der Waals surface area contributed by atoms with Gasteiger partial charge in [-0.05, 0) is 49.6 Å². The van der Waals surface area contributed by atoms with Gasteiger partial charge in [0.2, 0.25) is 0 Å². The van der Waals surface area contributed by atoms with Crippen molar-refractivity contribution in [2.24, 2.45) is 5.92 Å². The SMILES string of the molecule is CCc1nnsc1C(=O)NCC1CCC(Cl)CC1. The Morgan fingerprint density at radius 2 is 2.17 bits per heavy atom. The van der Waals surface area contributed by atoms with Gasteiger partial charge in [-0.1, -0.05) is 11.4 Å². The number of hydrogen-bond donors (Lipinski definition) is 1. The van der Waals surface area contributed by atoms with Crippen LogP contribution in [0.1, 0.15) is 48.0 Å². The molecule has 0 aliphatic heterocycles. The van der Waals surface area contributed by atoms with Crippen molar-refractivity contribution in [3.8, 4) is 0 Å². The lowest BCUT2D eigenvalue weighted by molar-refractivity contribution is 0.0946. The van der Waals surface area contributed by atoms with Gasteiger partial charge in [0.1, 0.15) is 4.88 Å². The second kappa shape index (κ2) is 6.48. The van der Waals surface area contributed by atoms with Gasteiger partial charge in [0.15, 0.2) is 0 Å². The summed E-state index contributed by atoms with van der Waals surface area (Å²) in [4.78, 5) is 12.6. The molecule has 6 heteroatoms. The molecule has 1 saturated carbocycles. The van der Waals surface area contributed by atoms with Crippen molar-refractivity contribution in [2.45, 2.75) is 44.4 Å². The molecule has 4 nitrogen and oxygen atoms in total. The minimum Gasteiger partial charge on any atom is -0.351 e. The molecule has 1 aromatic heterocycles. The summed E-state index contributed by atoms with van der Waals surface area (Å²) in [5.41, 5.74) is 0.793. The molecule has 2 rings (SSSR count). The quantitative estimate of drug-likeness (QED) is 0.866. The highest BCUT2D eigenvalue weighted by atomic mass is 35.5. The molecule has 0 spiro atoms. The summed E-state index contributed by atoms with van der Waals surface area (Å²) in [6.07, 6.45) is 5.08. The molecule has 0 bridgehead atoms.